The highest BCUT2D eigenvalue weighted by atomic mass is 19.1. The molecule has 0 saturated carbocycles. The lowest BCUT2D eigenvalue weighted by molar-refractivity contribution is -0.152. The zero-order valence-corrected chi connectivity index (χ0v) is 14.2. The number of halogens is 2. The van der Waals surface area contributed by atoms with E-state index in [0.29, 0.717) is 0 Å². The summed E-state index contributed by atoms with van der Waals surface area (Å²) in [4.78, 5) is 23.9. The van der Waals surface area contributed by atoms with Crippen LogP contribution in [-0.2, 0) is 20.7 Å². The molecule has 0 bridgehead atoms. The van der Waals surface area contributed by atoms with Crippen LogP contribution in [0.2, 0.25) is 0 Å². The van der Waals surface area contributed by atoms with Crippen LogP contribution in [0, 0.1) is 25.5 Å². The summed E-state index contributed by atoms with van der Waals surface area (Å²) >= 11 is 0. The number of carbonyl (C=O) groups is 2. The molecule has 0 spiro atoms. The van der Waals surface area contributed by atoms with Crippen LogP contribution < -0.4 is 5.32 Å². The number of hydrogen-bond acceptors (Lipinski definition) is 3. The number of aryl methyl sites for hydroxylation is 2. The first-order chi connectivity index (χ1) is 11.8. The molecule has 0 heterocycles. The minimum atomic E-state index is -1.14. The molecule has 0 saturated heterocycles. The Morgan fingerprint density at radius 1 is 1.08 bits per heavy atom. The number of benzene rings is 2. The van der Waals surface area contributed by atoms with Gasteiger partial charge in [-0.1, -0.05) is 18.2 Å². The summed E-state index contributed by atoms with van der Waals surface area (Å²) < 4.78 is 31.7. The monoisotopic (exact) mass is 347 g/mol. The summed E-state index contributed by atoms with van der Waals surface area (Å²) in [6.45, 7) is 5.27. The van der Waals surface area contributed by atoms with Gasteiger partial charge in [0.25, 0.3) is 5.91 Å². The van der Waals surface area contributed by atoms with Crippen molar-refractivity contribution in [3.63, 3.8) is 0 Å². The first kappa shape index (κ1) is 18.6. The van der Waals surface area contributed by atoms with Crippen molar-refractivity contribution in [2.24, 2.45) is 0 Å². The molecule has 2 rings (SSSR count). The van der Waals surface area contributed by atoms with E-state index in [-0.39, 0.29) is 12.1 Å². The molecule has 0 aliphatic rings. The molecule has 2 aromatic carbocycles. The second kappa shape index (κ2) is 7.88. The highest BCUT2D eigenvalue weighted by molar-refractivity contribution is 5.95. The van der Waals surface area contributed by atoms with Crippen LogP contribution in [0.5, 0.6) is 0 Å². The Balaban J connectivity index is 1.94. The van der Waals surface area contributed by atoms with E-state index >= 15 is 0 Å². The fourth-order valence-electron chi connectivity index (χ4n) is 2.20. The van der Waals surface area contributed by atoms with Crippen molar-refractivity contribution in [2.75, 3.05) is 5.32 Å². The van der Waals surface area contributed by atoms with Gasteiger partial charge in [-0.25, -0.2) is 8.78 Å². The highest BCUT2D eigenvalue weighted by Crippen LogP contribution is 2.16. The van der Waals surface area contributed by atoms with Crippen molar-refractivity contribution < 1.29 is 23.1 Å². The number of rotatable bonds is 5. The standard InChI is InChI=1S/C19H19F2NO3/c1-11-4-5-14(8-12(11)2)9-18(23)25-13(3)19(24)22-17-10-15(20)6-7-16(17)21/h4-8,10,13H,9H2,1-3H3,(H,22,24)/t13-/m0/s1. The van der Waals surface area contributed by atoms with Gasteiger partial charge in [0.15, 0.2) is 6.10 Å². The van der Waals surface area contributed by atoms with Gasteiger partial charge in [-0.3, -0.25) is 9.59 Å². The Bertz CT molecular complexity index is 805. The fraction of sp³-hybridized carbons (Fsp3) is 0.263. The van der Waals surface area contributed by atoms with Crippen molar-refractivity contribution >= 4 is 17.6 Å². The van der Waals surface area contributed by atoms with Crippen LogP contribution >= 0.6 is 0 Å². The van der Waals surface area contributed by atoms with Gasteiger partial charge in [0.1, 0.15) is 11.6 Å². The average molecular weight is 347 g/mol. The fourth-order valence-corrected chi connectivity index (χ4v) is 2.20. The van der Waals surface area contributed by atoms with E-state index in [0.717, 1.165) is 34.9 Å². The summed E-state index contributed by atoms with van der Waals surface area (Å²) in [5, 5.41) is 2.21. The van der Waals surface area contributed by atoms with Crippen molar-refractivity contribution in [2.45, 2.75) is 33.3 Å². The largest absolute Gasteiger partial charge is 0.452 e. The van der Waals surface area contributed by atoms with Gasteiger partial charge in [-0.2, -0.15) is 0 Å². The SMILES string of the molecule is Cc1ccc(CC(=O)O[C@@H](C)C(=O)Nc2cc(F)ccc2F)cc1C. The summed E-state index contributed by atoms with van der Waals surface area (Å²) in [6.07, 6.45) is -1.12. The molecule has 0 aliphatic carbocycles. The third kappa shape index (κ3) is 5.11. The van der Waals surface area contributed by atoms with Crippen LogP contribution in [0.25, 0.3) is 0 Å². The topological polar surface area (TPSA) is 55.4 Å². The molecule has 1 amide bonds. The van der Waals surface area contributed by atoms with Crippen molar-refractivity contribution in [1.82, 2.24) is 0 Å². The van der Waals surface area contributed by atoms with E-state index in [1.807, 2.05) is 32.0 Å². The predicted molar refractivity (Wildman–Crippen MR) is 90.2 cm³/mol. The Morgan fingerprint density at radius 3 is 2.48 bits per heavy atom. The molecule has 1 N–H and O–H groups in total. The maximum Gasteiger partial charge on any atom is 0.311 e. The van der Waals surface area contributed by atoms with Crippen LogP contribution in [0.15, 0.2) is 36.4 Å². The van der Waals surface area contributed by atoms with Crippen molar-refractivity contribution in [3.05, 3.63) is 64.7 Å². The zero-order chi connectivity index (χ0) is 18.6. The molecule has 0 aliphatic heterocycles. The molecule has 0 fully saturated rings. The quantitative estimate of drug-likeness (QED) is 0.839. The number of anilines is 1. The molecule has 132 valence electrons. The van der Waals surface area contributed by atoms with E-state index in [9.17, 15) is 18.4 Å². The molecule has 25 heavy (non-hydrogen) atoms. The summed E-state index contributed by atoms with van der Waals surface area (Å²) in [6, 6.07) is 8.30. The Labute approximate surface area is 144 Å². The molecule has 1 atom stereocenters. The second-order valence-corrected chi connectivity index (χ2v) is 5.84. The maximum atomic E-state index is 13.5. The van der Waals surface area contributed by atoms with E-state index in [4.69, 9.17) is 4.74 Å². The lowest BCUT2D eigenvalue weighted by Crippen LogP contribution is -2.30. The van der Waals surface area contributed by atoms with Gasteiger partial charge in [0.2, 0.25) is 0 Å². The maximum absolute atomic E-state index is 13.5. The minimum absolute atomic E-state index is 0.0209. The van der Waals surface area contributed by atoms with Crippen LogP contribution in [0.3, 0.4) is 0 Å². The highest BCUT2D eigenvalue weighted by Gasteiger charge is 2.19. The molecular formula is C19H19F2NO3. The number of carbonyl (C=O) groups excluding carboxylic acids is 2. The molecule has 0 unspecified atom stereocenters. The number of nitrogens with one attached hydrogen (secondary N) is 1. The van der Waals surface area contributed by atoms with E-state index in [1.54, 1.807) is 0 Å². The molecule has 0 radical (unpaired) electrons. The third-order valence-electron chi connectivity index (χ3n) is 3.78. The smallest absolute Gasteiger partial charge is 0.311 e. The first-order valence-electron chi connectivity index (χ1n) is 7.78. The van der Waals surface area contributed by atoms with E-state index in [2.05, 4.69) is 5.32 Å². The van der Waals surface area contributed by atoms with Crippen molar-refractivity contribution in [1.29, 1.82) is 0 Å². The third-order valence-corrected chi connectivity index (χ3v) is 3.78. The molecule has 6 heteroatoms. The number of hydrogen-bond donors (Lipinski definition) is 1. The zero-order valence-electron chi connectivity index (χ0n) is 14.2. The lowest BCUT2D eigenvalue weighted by Gasteiger charge is -2.14. The van der Waals surface area contributed by atoms with E-state index < -0.39 is 29.6 Å². The second-order valence-electron chi connectivity index (χ2n) is 5.84. The van der Waals surface area contributed by atoms with Gasteiger partial charge in [-0.05, 0) is 49.6 Å². The normalized spacial score (nSPS) is 11.7. The number of amides is 1. The summed E-state index contributed by atoms with van der Waals surface area (Å²) in [5.41, 5.74) is 2.64. The van der Waals surface area contributed by atoms with Crippen LogP contribution in [-0.4, -0.2) is 18.0 Å². The lowest BCUT2D eigenvalue weighted by atomic mass is 10.0. The Hall–Kier alpha value is -2.76. The molecular weight excluding hydrogens is 328 g/mol. The Kier molecular flexibility index (Phi) is 5.85. The van der Waals surface area contributed by atoms with Gasteiger partial charge in [0.05, 0.1) is 12.1 Å². The predicted octanol–water partition coefficient (Wildman–Crippen LogP) is 3.69. The number of ether oxygens (including phenoxy) is 1. The molecule has 2 aromatic rings. The molecule has 0 aromatic heterocycles. The number of esters is 1. The van der Waals surface area contributed by atoms with E-state index in [1.165, 1.54) is 6.92 Å². The van der Waals surface area contributed by atoms with Crippen LogP contribution in [0.1, 0.15) is 23.6 Å². The summed E-state index contributed by atoms with van der Waals surface area (Å²) in [5.74, 6) is -2.77. The summed E-state index contributed by atoms with van der Waals surface area (Å²) in [7, 11) is 0. The van der Waals surface area contributed by atoms with Gasteiger partial charge >= 0.3 is 5.97 Å². The Morgan fingerprint density at radius 2 is 1.80 bits per heavy atom. The van der Waals surface area contributed by atoms with Crippen molar-refractivity contribution in [3.8, 4) is 0 Å². The average Bonchev–Trinajstić information content (AvgIpc) is 2.54. The van der Waals surface area contributed by atoms with Gasteiger partial charge in [-0.15, -0.1) is 0 Å². The van der Waals surface area contributed by atoms with Crippen LogP contribution in [0.4, 0.5) is 14.5 Å². The first-order valence-corrected chi connectivity index (χ1v) is 7.78. The minimum Gasteiger partial charge on any atom is -0.452 e. The molecule has 4 nitrogen and oxygen atoms in total. The van der Waals surface area contributed by atoms with Gasteiger partial charge in [0, 0.05) is 6.07 Å². The van der Waals surface area contributed by atoms with Gasteiger partial charge < -0.3 is 10.1 Å².